The third-order valence-electron chi connectivity index (χ3n) is 3.67. The van der Waals surface area contributed by atoms with E-state index in [1.165, 1.54) is 16.0 Å². The molecule has 0 fully saturated rings. The van der Waals surface area contributed by atoms with Crippen LogP contribution >= 0.6 is 0 Å². The molecule has 2 heteroatoms. The van der Waals surface area contributed by atoms with Crippen molar-refractivity contribution < 1.29 is 9.22 Å². The van der Waals surface area contributed by atoms with Crippen LogP contribution in [0.1, 0.15) is 41.4 Å². The van der Waals surface area contributed by atoms with Gasteiger partial charge in [-0.25, -0.2) is 0 Å². The third-order valence-corrected chi connectivity index (χ3v) is 3.67. The maximum atomic E-state index is 10.1. The van der Waals surface area contributed by atoms with Crippen molar-refractivity contribution in [2.45, 2.75) is 31.8 Å². The topological polar surface area (TPSA) is 23.5 Å². The Morgan fingerprint density at radius 2 is 1.50 bits per heavy atom. The van der Waals surface area contributed by atoms with Gasteiger partial charge in [-0.1, -0.05) is 60.7 Å². The highest BCUT2D eigenvalue weighted by Crippen LogP contribution is 2.28. The molecule has 0 amide bonds. The highest BCUT2D eigenvalue weighted by Gasteiger charge is 2.18. The molecule has 0 spiro atoms. The van der Waals surface area contributed by atoms with Crippen molar-refractivity contribution in [3.8, 4) is 0 Å². The molecule has 0 saturated heterocycles. The van der Waals surface area contributed by atoms with Gasteiger partial charge in [0.15, 0.2) is 0 Å². The molecule has 118 valence electrons. The first-order chi connectivity index (χ1) is 11.7. The molecule has 2 nitrogen and oxygen atoms in total. The molecule has 0 aliphatic heterocycles. The molecule has 2 rings (SSSR count). The van der Waals surface area contributed by atoms with Gasteiger partial charge in [0.05, 0.1) is 5.60 Å². The van der Waals surface area contributed by atoms with Crippen LogP contribution in [0.25, 0.3) is 0 Å². The molecule has 2 aromatic rings. The first-order valence-electron chi connectivity index (χ1n) is 9.24. The summed E-state index contributed by atoms with van der Waals surface area (Å²) in [4.78, 5) is 1.39. The number of hydrogen-bond acceptors (Lipinski definition) is 2. The summed E-state index contributed by atoms with van der Waals surface area (Å²) >= 11 is 0. The Morgan fingerprint density at radius 1 is 1.00 bits per heavy atom. The van der Waals surface area contributed by atoms with Gasteiger partial charge in [0.2, 0.25) is 0 Å². The molecular formula is C20H27NO. The molecule has 1 N–H and O–H groups in total. The largest absolute Gasteiger partial charge is 0.389 e. The van der Waals surface area contributed by atoms with Crippen LogP contribution in [0, 0.1) is 0 Å². The quantitative estimate of drug-likeness (QED) is 0.838. The van der Waals surface area contributed by atoms with Crippen LogP contribution < -0.4 is 0 Å². The smallest absolute Gasteiger partial charge is 0.0718 e. The SMILES string of the molecule is [2H]C([2H])([2H])N(CCC(c1ccccc1)c1ccccc1)CC(C)(C)O. The van der Waals surface area contributed by atoms with Crippen molar-refractivity contribution in [2.24, 2.45) is 0 Å². The Morgan fingerprint density at radius 3 is 1.91 bits per heavy atom. The molecule has 0 aliphatic carbocycles. The first-order valence-corrected chi connectivity index (χ1v) is 7.74. The summed E-state index contributed by atoms with van der Waals surface area (Å²) in [5.74, 6) is 0.119. The van der Waals surface area contributed by atoms with E-state index < -0.39 is 12.6 Å². The lowest BCUT2D eigenvalue weighted by atomic mass is 9.88. The zero-order valence-electron chi connectivity index (χ0n) is 16.4. The molecule has 0 aliphatic rings. The van der Waals surface area contributed by atoms with Crippen LogP contribution in [-0.2, 0) is 0 Å². The van der Waals surface area contributed by atoms with Gasteiger partial charge in [-0.3, -0.25) is 0 Å². The van der Waals surface area contributed by atoms with Gasteiger partial charge >= 0.3 is 0 Å². The number of rotatable bonds is 7. The molecular weight excluding hydrogens is 270 g/mol. The molecule has 0 heterocycles. The van der Waals surface area contributed by atoms with E-state index >= 15 is 0 Å². The first kappa shape index (κ1) is 12.9. The number of hydrogen-bond donors (Lipinski definition) is 1. The van der Waals surface area contributed by atoms with Crippen LogP contribution in [-0.4, -0.2) is 35.7 Å². The van der Waals surface area contributed by atoms with E-state index in [0.29, 0.717) is 13.0 Å². The fourth-order valence-electron chi connectivity index (χ4n) is 2.73. The lowest BCUT2D eigenvalue weighted by Gasteiger charge is -2.27. The van der Waals surface area contributed by atoms with Crippen molar-refractivity contribution in [2.75, 3.05) is 20.1 Å². The summed E-state index contributed by atoms with van der Waals surface area (Å²) in [5.41, 5.74) is 1.29. The lowest BCUT2D eigenvalue weighted by molar-refractivity contribution is 0.0441. The normalized spacial score (nSPS) is 14.7. The molecule has 0 aromatic heterocycles. The highest BCUT2D eigenvalue weighted by molar-refractivity contribution is 5.32. The summed E-state index contributed by atoms with van der Waals surface area (Å²) in [6.07, 6.45) is 0.669. The van der Waals surface area contributed by atoms with E-state index in [-0.39, 0.29) is 12.5 Å². The number of nitrogens with zero attached hydrogens (tertiary/aromatic N) is 1. The van der Waals surface area contributed by atoms with Gasteiger partial charge in [0.25, 0.3) is 0 Å². The summed E-state index contributed by atoms with van der Waals surface area (Å²) in [7, 11) is 0. The number of aliphatic hydroxyl groups is 1. The summed E-state index contributed by atoms with van der Waals surface area (Å²) in [6.45, 7) is 1.54. The van der Waals surface area contributed by atoms with Gasteiger partial charge in [0.1, 0.15) is 0 Å². The zero-order chi connectivity index (χ0) is 18.5. The second-order valence-electron chi connectivity index (χ2n) is 6.40. The Balaban J connectivity index is 2.21. The molecule has 0 saturated carbocycles. The summed E-state index contributed by atoms with van der Waals surface area (Å²) in [6, 6.07) is 20.3. The third kappa shape index (κ3) is 5.28. The number of likely N-dealkylation sites (N-methyl/N-ethyl adjacent to an activating group) is 1. The predicted molar refractivity (Wildman–Crippen MR) is 93.1 cm³/mol. The maximum absolute atomic E-state index is 10.1. The van der Waals surface area contributed by atoms with Crippen LogP contribution in [0.15, 0.2) is 60.7 Å². The minimum Gasteiger partial charge on any atom is -0.389 e. The Labute approximate surface area is 138 Å². The van der Waals surface area contributed by atoms with Gasteiger partial charge in [0, 0.05) is 16.6 Å². The Hall–Kier alpha value is -1.64. The van der Waals surface area contributed by atoms with Crippen molar-refractivity contribution >= 4 is 0 Å². The van der Waals surface area contributed by atoms with Gasteiger partial charge < -0.3 is 10.0 Å². The highest BCUT2D eigenvalue weighted by atomic mass is 16.3. The second kappa shape index (κ2) is 7.57. The summed E-state index contributed by atoms with van der Waals surface area (Å²) < 4.78 is 23.3. The fraction of sp³-hybridized carbons (Fsp3) is 0.400. The predicted octanol–water partition coefficient (Wildman–Crippen LogP) is 3.91. The molecule has 0 bridgehead atoms. The van der Waals surface area contributed by atoms with E-state index in [2.05, 4.69) is 24.3 Å². The standard InChI is InChI=1S/C20H27NO/c1-20(2,22)16-21(3)15-14-19(17-10-6-4-7-11-17)18-12-8-5-9-13-18/h4-13,19,22H,14-16H2,1-3H3/i3D3. The lowest BCUT2D eigenvalue weighted by Crippen LogP contribution is -2.37. The molecule has 22 heavy (non-hydrogen) atoms. The van der Waals surface area contributed by atoms with Gasteiger partial charge in [-0.05, 0) is 44.9 Å². The molecule has 0 unspecified atom stereocenters. The second-order valence-corrected chi connectivity index (χ2v) is 6.40. The average molecular weight is 300 g/mol. The molecule has 2 aromatic carbocycles. The van der Waals surface area contributed by atoms with E-state index in [1.54, 1.807) is 13.8 Å². The monoisotopic (exact) mass is 300 g/mol. The van der Waals surface area contributed by atoms with Crippen LogP contribution in [0.3, 0.4) is 0 Å². The minimum absolute atomic E-state index is 0.111. The van der Waals surface area contributed by atoms with Crippen LogP contribution in [0.2, 0.25) is 0 Å². The van der Waals surface area contributed by atoms with E-state index in [1.807, 2.05) is 36.4 Å². The Kier molecular flexibility index (Phi) is 4.43. The van der Waals surface area contributed by atoms with E-state index in [9.17, 15) is 5.11 Å². The fourth-order valence-corrected chi connectivity index (χ4v) is 2.73. The van der Waals surface area contributed by atoms with Gasteiger partial charge in [-0.15, -0.1) is 0 Å². The van der Waals surface area contributed by atoms with Crippen molar-refractivity contribution in [3.05, 3.63) is 71.8 Å². The minimum atomic E-state index is -2.22. The van der Waals surface area contributed by atoms with Crippen molar-refractivity contribution in [1.29, 1.82) is 0 Å². The van der Waals surface area contributed by atoms with Crippen LogP contribution in [0.4, 0.5) is 0 Å². The average Bonchev–Trinajstić information content (AvgIpc) is 2.54. The maximum Gasteiger partial charge on any atom is 0.0718 e. The van der Waals surface area contributed by atoms with E-state index in [0.717, 1.165) is 0 Å². The van der Waals surface area contributed by atoms with Crippen LogP contribution in [0.5, 0.6) is 0 Å². The zero-order valence-corrected chi connectivity index (χ0v) is 13.4. The molecule has 0 atom stereocenters. The van der Waals surface area contributed by atoms with Crippen molar-refractivity contribution in [3.63, 3.8) is 0 Å². The Bertz CT molecular complexity index is 596. The van der Waals surface area contributed by atoms with Crippen molar-refractivity contribution in [1.82, 2.24) is 4.90 Å². The van der Waals surface area contributed by atoms with E-state index in [4.69, 9.17) is 4.11 Å². The summed E-state index contributed by atoms with van der Waals surface area (Å²) in [5, 5.41) is 10.1. The van der Waals surface area contributed by atoms with Gasteiger partial charge in [-0.2, -0.15) is 0 Å². The molecule has 0 radical (unpaired) electrons. The number of benzene rings is 2.